The minimum absolute atomic E-state index is 0.864. The Morgan fingerprint density at radius 1 is 1.15 bits per heavy atom. The van der Waals surface area contributed by atoms with E-state index in [1.165, 1.54) is 11.1 Å². The molecule has 0 unspecified atom stereocenters. The molecule has 0 aliphatic carbocycles. The van der Waals surface area contributed by atoms with Crippen LogP contribution in [0.15, 0.2) is 18.2 Å². The van der Waals surface area contributed by atoms with E-state index in [1.807, 2.05) is 6.07 Å². The molecular weight excluding hydrogens is 182 g/mol. The van der Waals surface area contributed by atoms with E-state index >= 15 is 0 Å². The first-order valence-corrected chi connectivity index (χ1v) is 5.09. The highest BCUT2D eigenvalue weighted by atomic mass is 35.5. The Bertz CT molecular complexity index is 309. The Morgan fingerprint density at radius 2 is 1.85 bits per heavy atom. The van der Waals surface area contributed by atoms with Crippen LogP contribution in [0, 0.1) is 0 Å². The fourth-order valence-electron chi connectivity index (χ4n) is 1.81. The third-order valence-corrected chi connectivity index (χ3v) is 2.93. The fourth-order valence-corrected chi connectivity index (χ4v) is 2.00. The third-order valence-electron chi connectivity index (χ3n) is 2.69. The summed E-state index contributed by atoms with van der Waals surface area (Å²) in [5.74, 6) is 0. The number of rotatable bonds is 0. The van der Waals surface area contributed by atoms with E-state index in [0.717, 1.165) is 31.0 Å². The molecule has 1 aliphatic rings. The molecule has 1 heterocycles. The maximum atomic E-state index is 5.95. The highest BCUT2D eigenvalue weighted by Gasteiger charge is 2.10. The van der Waals surface area contributed by atoms with Crippen molar-refractivity contribution in [2.75, 3.05) is 20.1 Å². The first-order valence-electron chi connectivity index (χ1n) is 4.71. The molecule has 2 rings (SSSR count). The van der Waals surface area contributed by atoms with E-state index in [9.17, 15) is 0 Å². The molecule has 0 aromatic heterocycles. The average molecular weight is 196 g/mol. The van der Waals surface area contributed by atoms with Crippen molar-refractivity contribution in [2.45, 2.75) is 12.8 Å². The van der Waals surface area contributed by atoms with Crippen LogP contribution >= 0.6 is 11.6 Å². The maximum Gasteiger partial charge on any atom is 0.0408 e. The van der Waals surface area contributed by atoms with E-state index in [2.05, 4.69) is 24.1 Å². The van der Waals surface area contributed by atoms with Gasteiger partial charge in [0, 0.05) is 18.1 Å². The van der Waals surface area contributed by atoms with E-state index in [0.29, 0.717) is 0 Å². The monoisotopic (exact) mass is 195 g/mol. The zero-order chi connectivity index (χ0) is 9.26. The number of hydrogen-bond donors (Lipinski definition) is 0. The van der Waals surface area contributed by atoms with Gasteiger partial charge in [-0.2, -0.15) is 0 Å². The number of halogens is 1. The second kappa shape index (κ2) is 3.69. The van der Waals surface area contributed by atoms with Gasteiger partial charge in [-0.05, 0) is 43.1 Å². The van der Waals surface area contributed by atoms with Crippen molar-refractivity contribution in [1.29, 1.82) is 0 Å². The van der Waals surface area contributed by atoms with Gasteiger partial charge in [0.15, 0.2) is 0 Å². The summed E-state index contributed by atoms with van der Waals surface area (Å²) < 4.78 is 0. The molecule has 2 heteroatoms. The second-order valence-corrected chi connectivity index (χ2v) is 4.15. The lowest BCUT2D eigenvalue weighted by molar-refractivity contribution is 0.352. The van der Waals surface area contributed by atoms with Gasteiger partial charge in [0.2, 0.25) is 0 Å². The van der Waals surface area contributed by atoms with Crippen molar-refractivity contribution < 1.29 is 0 Å². The van der Waals surface area contributed by atoms with Crippen LogP contribution in [0.25, 0.3) is 0 Å². The van der Waals surface area contributed by atoms with E-state index in [1.54, 1.807) is 0 Å². The summed E-state index contributed by atoms with van der Waals surface area (Å²) >= 11 is 5.95. The summed E-state index contributed by atoms with van der Waals surface area (Å²) in [6, 6.07) is 6.26. The van der Waals surface area contributed by atoms with Crippen molar-refractivity contribution >= 4 is 11.6 Å². The Morgan fingerprint density at radius 3 is 2.62 bits per heavy atom. The van der Waals surface area contributed by atoms with Gasteiger partial charge in [0.25, 0.3) is 0 Å². The number of hydrogen-bond acceptors (Lipinski definition) is 1. The van der Waals surface area contributed by atoms with Crippen LogP contribution in [-0.4, -0.2) is 25.0 Å². The molecule has 0 spiro atoms. The molecule has 0 amide bonds. The zero-order valence-corrected chi connectivity index (χ0v) is 8.64. The molecule has 13 heavy (non-hydrogen) atoms. The molecule has 1 aromatic rings. The number of benzene rings is 1. The molecule has 0 saturated carbocycles. The summed E-state index contributed by atoms with van der Waals surface area (Å²) in [5, 5.41) is 0.864. The fraction of sp³-hybridized carbons (Fsp3) is 0.455. The zero-order valence-electron chi connectivity index (χ0n) is 7.89. The van der Waals surface area contributed by atoms with E-state index in [-0.39, 0.29) is 0 Å². The van der Waals surface area contributed by atoms with Gasteiger partial charge in [-0.3, -0.25) is 0 Å². The van der Waals surface area contributed by atoms with Crippen LogP contribution in [0.1, 0.15) is 11.1 Å². The summed E-state index contributed by atoms with van der Waals surface area (Å²) in [7, 11) is 2.17. The van der Waals surface area contributed by atoms with Crippen LogP contribution in [0.3, 0.4) is 0 Å². The molecule has 0 bridgehead atoms. The van der Waals surface area contributed by atoms with Crippen molar-refractivity contribution in [2.24, 2.45) is 0 Å². The molecule has 0 N–H and O–H groups in total. The standard InChI is InChI=1S/C11H14ClN/c1-13-6-4-9-2-3-11(12)8-10(9)5-7-13/h2-3,8H,4-7H2,1H3. The average Bonchev–Trinajstić information content (AvgIpc) is 2.29. The van der Waals surface area contributed by atoms with Gasteiger partial charge in [0.1, 0.15) is 0 Å². The largest absolute Gasteiger partial charge is 0.306 e. The van der Waals surface area contributed by atoms with Gasteiger partial charge in [0.05, 0.1) is 0 Å². The molecule has 1 aliphatic heterocycles. The van der Waals surface area contributed by atoms with E-state index < -0.39 is 0 Å². The lowest BCUT2D eigenvalue weighted by Gasteiger charge is -2.10. The van der Waals surface area contributed by atoms with Gasteiger partial charge >= 0.3 is 0 Å². The van der Waals surface area contributed by atoms with Gasteiger partial charge in [-0.15, -0.1) is 0 Å². The minimum Gasteiger partial charge on any atom is -0.306 e. The molecule has 1 nitrogen and oxygen atoms in total. The smallest absolute Gasteiger partial charge is 0.0408 e. The van der Waals surface area contributed by atoms with Crippen LogP contribution in [0.5, 0.6) is 0 Å². The van der Waals surface area contributed by atoms with Crippen LogP contribution in [0.4, 0.5) is 0 Å². The Hall–Kier alpha value is -0.530. The normalized spacial score (nSPS) is 18.0. The molecular formula is C11H14ClN. The first kappa shape index (κ1) is 9.04. The van der Waals surface area contributed by atoms with Crippen molar-refractivity contribution in [3.05, 3.63) is 34.3 Å². The minimum atomic E-state index is 0.864. The number of likely N-dealkylation sites (N-methyl/N-ethyl adjacent to an activating group) is 1. The lowest BCUT2D eigenvalue weighted by atomic mass is 10.0. The summed E-state index contributed by atoms with van der Waals surface area (Å²) in [5.41, 5.74) is 2.89. The summed E-state index contributed by atoms with van der Waals surface area (Å²) in [6.45, 7) is 2.31. The maximum absolute atomic E-state index is 5.95. The molecule has 0 fully saturated rings. The highest BCUT2D eigenvalue weighted by Crippen LogP contribution is 2.19. The van der Waals surface area contributed by atoms with Gasteiger partial charge < -0.3 is 4.90 Å². The predicted molar refractivity (Wildman–Crippen MR) is 56.4 cm³/mol. The van der Waals surface area contributed by atoms with Gasteiger partial charge in [-0.25, -0.2) is 0 Å². The lowest BCUT2D eigenvalue weighted by Crippen LogP contribution is -2.20. The van der Waals surface area contributed by atoms with Crippen LogP contribution < -0.4 is 0 Å². The number of fused-ring (bicyclic) bond motifs is 1. The molecule has 0 saturated heterocycles. The number of nitrogens with zero attached hydrogens (tertiary/aromatic N) is 1. The molecule has 0 radical (unpaired) electrons. The summed E-state index contributed by atoms with van der Waals surface area (Å²) in [6.07, 6.45) is 2.29. The Labute approximate surface area is 84.3 Å². The van der Waals surface area contributed by atoms with Crippen molar-refractivity contribution in [3.63, 3.8) is 0 Å². The first-order chi connectivity index (χ1) is 6.25. The van der Waals surface area contributed by atoms with E-state index in [4.69, 9.17) is 11.6 Å². The summed E-state index contributed by atoms with van der Waals surface area (Å²) in [4.78, 5) is 2.37. The molecule has 70 valence electrons. The third kappa shape index (κ3) is 2.04. The topological polar surface area (TPSA) is 3.24 Å². The Balaban J connectivity index is 2.30. The van der Waals surface area contributed by atoms with Crippen molar-refractivity contribution in [3.8, 4) is 0 Å². The second-order valence-electron chi connectivity index (χ2n) is 3.72. The molecule has 1 aromatic carbocycles. The molecule has 0 atom stereocenters. The van der Waals surface area contributed by atoms with Crippen LogP contribution in [-0.2, 0) is 12.8 Å². The van der Waals surface area contributed by atoms with Crippen molar-refractivity contribution in [1.82, 2.24) is 4.90 Å². The predicted octanol–water partition coefficient (Wildman–Crippen LogP) is 2.37. The SMILES string of the molecule is CN1CCc2ccc(Cl)cc2CC1. The highest BCUT2D eigenvalue weighted by molar-refractivity contribution is 6.30. The van der Waals surface area contributed by atoms with Gasteiger partial charge in [-0.1, -0.05) is 17.7 Å². The van der Waals surface area contributed by atoms with Crippen LogP contribution in [0.2, 0.25) is 5.02 Å². The Kier molecular flexibility index (Phi) is 2.56. The quantitative estimate of drug-likeness (QED) is 0.615.